The van der Waals surface area contributed by atoms with Crippen LogP contribution in [0.15, 0.2) is 53.4 Å². The van der Waals surface area contributed by atoms with Crippen LogP contribution in [-0.2, 0) is 21.2 Å². The summed E-state index contributed by atoms with van der Waals surface area (Å²) < 4.78 is 29.9. The van der Waals surface area contributed by atoms with Crippen LogP contribution in [0.25, 0.3) is 11.6 Å². The molecule has 2 aromatic carbocycles. The van der Waals surface area contributed by atoms with Crippen LogP contribution in [-0.4, -0.2) is 110 Å². The van der Waals surface area contributed by atoms with Crippen molar-refractivity contribution in [2.75, 3.05) is 63.5 Å². The number of hydrogen-bond donors (Lipinski definition) is 2. The Balaban J connectivity index is 1.31. The molecule has 0 aliphatic carbocycles. The van der Waals surface area contributed by atoms with Gasteiger partial charge in [-0.1, -0.05) is 17.7 Å². The van der Waals surface area contributed by atoms with Gasteiger partial charge in [0.15, 0.2) is 0 Å². The van der Waals surface area contributed by atoms with E-state index >= 15 is 0 Å². The molecule has 0 atom stereocenters. The summed E-state index contributed by atoms with van der Waals surface area (Å²) in [5, 5.41) is 7.55. The number of amides is 3. The predicted octanol–water partition coefficient (Wildman–Crippen LogP) is 5.03. The number of hydrogen-bond acceptors (Lipinski definition) is 7. The van der Waals surface area contributed by atoms with Gasteiger partial charge in [0.05, 0.1) is 27.4 Å². The van der Waals surface area contributed by atoms with Crippen molar-refractivity contribution in [2.24, 2.45) is 0 Å². The Morgan fingerprint density at radius 1 is 1.02 bits per heavy atom. The van der Waals surface area contributed by atoms with Crippen molar-refractivity contribution < 1.29 is 22.8 Å². The van der Waals surface area contributed by atoms with Gasteiger partial charge in [-0.3, -0.25) is 13.9 Å². The molecule has 2 aliphatic rings. The number of halogens is 1. The average Bonchev–Trinajstić information content (AvgIpc) is 3.73. The van der Waals surface area contributed by atoms with Crippen molar-refractivity contribution in [1.82, 2.24) is 29.5 Å². The van der Waals surface area contributed by atoms with E-state index in [-0.39, 0.29) is 28.3 Å². The van der Waals surface area contributed by atoms with Gasteiger partial charge in [-0.25, -0.2) is 13.2 Å². The van der Waals surface area contributed by atoms with Crippen LogP contribution < -0.4 is 9.62 Å². The normalized spacial score (nSPS) is 15.6. The van der Waals surface area contributed by atoms with E-state index in [4.69, 9.17) is 11.6 Å². The fraction of sp³-hybridized carbons (Fsp3) is 0.351. The van der Waals surface area contributed by atoms with Gasteiger partial charge in [0.1, 0.15) is 0 Å². The third-order valence-electron chi connectivity index (χ3n) is 9.70. The Morgan fingerprint density at radius 2 is 1.75 bits per heavy atom. The Labute approximate surface area is 308 Å². The molecule has 0 radical (unpaired) electrons. The molecule has 0 saturated carbocycles. The monoisotopic (exact) mass is 746 g/mol. The predicted molar refractivity (Wildman–Crippen MR) is 202 cm³/mol. The second kappa shape index (κ2) is 14.6. The Hall–Kier alpha value is -4.92. The van der Waals surface area contributed by atoms with Crippen molar-refractivity contribution in [3.8, 4) is 0 Å². The Kier molecular flexibility index (Phi) is 10.4. The highest BCUT2D eigenvalue weighted by Crippen LogP contribution is 2.37. The van der Waals surface area contributed by atoms with Crippen LogP contribution in [0.2, 0.25) is 5.02 Å². The molecule has 52 heavy (non-hydrogen) atoms. The molecular weight excluding hydrogens is 704 g/mol. The summed E-state index contributed by atoms with van der Waals surface area (Å²) in [5.74, 6) is -0.484. The molecule has 1 fully saturated rings. The SMILES string of the molecule is Cc1cc(C)n(C(=O)N(C)CCCc2[nH]c(C=C3C(=O)Nc4ccc(S(=O)(=O)N(C)c5cccc(Cl)c5)cc43)c(C)c2C(=O)N2CCN(C)CC2)n1. The zero-order valence-electron chi connectivity index (χ0n) is 30.2. The number of H-pyrrole nitrogens is 1. The van der Waals surface area contributed by atoms with Crippen LogP contribution in [0.4, 0.5) is 16.2 Å². The number of carbonyl (C=O) groups excluding carboxylic acids is 3. The molecule has 4 heterocycles. The van der Waals surface area contributed by atoms with E-state index < -0.39 is 10.0 Å². The number of sulfonamides is 1. The van der Waals surface area contributed by atoms with E-state index in [1.807, 2.05) is 38.8 Å². The Morgan fingerprint density at radius 3 is 2.42 bits per heavy atom. The highest BCUT2D eigenvalue weighted by Gasteiger charge is 2.31. The molecule has 2 aliphatic heterocycles. The van der Waals surface area contributed by atoms with E-state index in [9.17, 15) is 22.8 Å². The first-order valence-corrected chi connectivity index (χ1v) is 18.9. The van der Waals surface area contributed by atoms with E-state index in [0.717, 1.165) is 28.8 Å². The minimum atomic E-state index is -4.01. The summed E-state index contributed by atoms with van der Waals surface area (Å²) in [6, 6.07) is 12.7. The highest BCUT2D eigenvalue weighted by molar-refractivity contribution is 7.92. The molecule has 6 rings (SSSR count). The van der Waals surface area contributed by atoms with Gasteiger partial charge in [0.2, 0.25) is 0 Å². The zero-order valence-corrected chi connectivity index (χ0v) is 31.7. The number of aromatic amines is 1. The minimum absolute atomic E-state index is 0.00471. The molecule has 2 aromatic heterocycles. The number of carbonyl (C=O) groups is 3. The number of piperazine rings is 1. The lowest BCUT2D eigenvalue weighted by atomic mass is 10.0. The maximum atomic E-state index is 14.1. The topological polar surface area (TPSA) is 144 Å². The number of nitrogens with zero attached hydrogens (tertiary/aromatic N) is 6. The molecule has 4 aromatic rings. The highest BCUT2D eigenvalue weighted by atomic mass is 35.5. The average molecular weight is 747 g/mol. The summed E-state index contributed by atoms with van der Waals surface area (Å²) in [7, 11) is 1.19. The van der Waals surface area contributed by atoms with Crippen LogP contribution >= 0.6 is 11.6 Å². The van der Waals surface area contributed by atoms with Crippen molar-refractivity contribution in [2.45, 2.75) is 38.5 Å². The number of nitrogens with one attached hydrogen (secondary N) is 2. The van der Waals surface area contributed by atoms with E-state index in [1.165, 1.54) is 23.9 Å². The van der Waals surface area contributed by atoms with Gasteiger partial charge in [0.25, 0.3) is 21.8 Å². The van der Waals surface area contributed by atoms with Crippen molar-refractivity contribution in [1.29, 1.82) is 0 Å². The minimum Gasteiger partial charge on any atom is -0.358 e. The molecule has 15 heteroatoms. The molecule has 0 unspecified atom stereocenters. The standard InChI is InChI=1S/C37H43ClN8O5S/c1-23-19-24(2)46(41-23)37(49)43(5)14-8-11-32-34(36(48)45-17-15-42(4)16-18-45)25(3)33(39-32)22-30-29-21-28(12-13-31(29)40-35(30)47)52(50,51)44(6)27-10-7-9-26(38)20-27/h7,9-10,12-13,19-22,39H,8,11,14-18H2,1-6H3,(H,40,47). The summed E-state index contributed by atoms with van der Waals surface area (Å²) >= 11 is 6.13. The molecule has 274 valence electrons. The number of aromatic nitrogens is 3. The van der Waals surface area contributed by atoms with Crippen LogP contribution in [0.3, 0.4) is 0 Å². The van der Waals surface area contributed by atoms with Gasteiger partial charge < -0.3 is 25.0 Å². The number of likely N-dealkylation sites (N-methyl/N-ethyl adjacent to an activating group) is 1. The number of anilines is 2. The second-order valence-electron chi connectivity index (χ2n) is 13.4. The third-order valence-corrected chi connectivity index (χ3v) is 11.7. The first-order valence-electron chi connectivity index (χ1n) is 17.1. The van der Waals surface area contributed by atoms with Crippen LogP contribution in [0.1, 0.15) is 50.7 Å². The number of fused-ring (bicyclic) bond motifs is 1. The summed E-state index contributed by atoms with van der Waals surface area (Å²) in [6.45, 7) is 8.64. The number of benzene rings is 2. The zero-order chi connectivity index (χ0) is 37.5. The summed E-state index contributed by atoms with van der Waals surface area (Å²) in [5.41, 5.74) is 5.59. The van der Waals surface area contributed by atoms with E-state index in [2.05, 4.69) is 20.3 Å². The van der Waals surface area contributed by atoms with Gasteiger partial charge in [-0.2, -0.15) is 9.78 Å². The lowest BCUT2D eigenvalue weighted by Gasteiger charge is -2.32. The van der Waals surface area contributed by atoms with Crippen molar-refractivity contribution in [3.05, 3.63) is 93.0 Å². The lowest BCUT2D eigenvalue weighted by molar-refractivity contribution is -0.110. The molecule has 0 bridgehead atoms. The fourth-order valence-electron chi connectivity index (χ4n) is 6.63. The maximum absolute atomic E-state index is 14.1. The van der Waals surface area contributed by atoms with Crippen LogP contribution in [0, 0.1) is 20.8 Å². The maximum Gasteiger partial charge on any atom is 0.344 e. The third kappa shape index (κ3) is 7.23. The summed E-state index contributed by atoms with van der Waals surface area (Å²) in [4.78, 5) is 49.6. The molecule has 13 nitrogen and oxygen atoms in total. The molecule has 1 saturated heterocycles. The van der Waals surface area contributed by atoms with Crippen molar-refractivity contribution in [3.63, 3.8) is 0 Å². The molecule has 0 spiro atoms. The van der Waals surface area contributed by atoms with Gasteiger partial charge in [0, 0.05) is 80.2 Å². The summed E-state index contributed by atoms with van der Waals surface area (Å²) in [6.07, 6.45) is 2.70. The smallest absolute Gasteiger partial charge is 0.344 e. The van der Waals surface area contributed by atoms with Gasteiger partial charge in [-0.05, 0) is 94.8 Å². The molecular formula is C37H43ClN8O5S. The van der Waals surface area contributed by atoms with Gasteiger partial charge in [-0.15, -0.1) is 0 Å². The van der Waals surface area contributed by atoms with E-state index in [1.54, 1.807) is 48.4 Å². The number of aryl methyl sites for hydroxylation is 3. The van der Waals surface area contributed by atoms with Crippen LogP contribution in [0.5, 0.6) is 0 Å². The number of rotatable bonds is 9. The largest absolute Gasteiger partial charge is 0.358 e. The van der Waals surface area contributed by atoms with Gasteiger partial charge >= 0.3 is 6.03 Å². The quantitative estimate of drug-likeness (QED) is 0.229. The fourth-order valence-corrected chi connectivity index (χ4v) is 8.02. The van der Waals surface area contributed by atoms with E-state index in [0.29, 0.717) is 77.0 Å². The lowest BCUT2D eigenvalue weighted by Crippen LogP contribution is -2.47. The second-order valence-corrected chi connectivity index (χ2v) is 15.8. The molecule has 3 amide bonds. The Bertz CT molecular complexity index is 2200. The van der Waals surface area contributed by atoms with Crippen molar-refractivity contribution >= 4 is 62.5 Å². The first-order chi connectivity index (χ1) is 24.6. The molecule has 2 N–H and O–H groups in total. The first kappa shape index (κ1) is 36.9.